The number of carbonyl (C=O) groups excluding carboxylic acids is 2. The molecule has 0 aliphatic rings. The molecule has 0 fully saturated rings. The first-order chi connectivity index (χ1) is 10.5. The van der Waals surface area contributed by atoms with E-state index in [1.807, 2.05) is 0 Å². The van der Waals surface area contributed by atoms with Crippen molar-refractivity contribution in [1.82, 2.24) is 0 Å². The number of nitrogens with zero attached hydrogens (tertiary/aromatic N) is 1. The van der Waals surface area contributed by atoms with E-state index in [9.17, 15) is 19.7 Å². The van der Waals surface area contributed by atoms with Crippen LogP contribution in [0.4, 0.5) is 11.4 Å². The Bertz CT molecular complexity index is 704. The van der Waals surface area contributed by atoms with Gasteiger partial charge in [-0.1, -0.05) is 0 Å². The van der Waals surface area contributed by atoms with E-state index in [2.05, 4.69) is 5.32 Å². The highest BCUT2D eigenvalue weighted by atomic mass is 16.6. The Morgan fingerprint density at radius 3 is 2.45 bits per heavy atom. The number of esters is 1. The molecule has 1 heterocycles. The number of benzene rings is 1. The number of hydrogen-bond donors (Lipinski definition) is 1. The normalized spacial score (nSPS) is 10.0. The molecule has 2 rings (SSSR count). The minimum atomic E-state index is -0.744. The first-order valence-corrected chi connectivity index (χ1v) is 6.23. The van der Waals surface area contributed by atoms with E-state index in [0.717, 1.165) is 0 Å². The molecular weight excluding hydrogens is 292 g/mol. The van der Waals surface area contributed by atoms with Gasteiger partial charge in [-0.25, -0.2) is 4.79 Å². The molecule has 0 aliphatic carbocycles. The minimum absolute atomic E-state index is 0.0145. The number of nitro groups is 1. The number of amides is 1. The van der Waals surface area contributed by atoms with E-state index in [1.54, 1.807) is 13.0 Å². The third-order valence-electron chi connectivity index (χ3n) is 2.64. The van der Waals surface area contributed by atoms with Gasteiger partial charge < -0.3 is 14.5 Å². The molecule has 0 saturated heterocycles. The highest BCUT2D eigenvalue weighted by Gasteiger charge is 2.14. The van der Waals surface area contributed by atoms with Crippen LogP contribution in [0.3, 0.4) is 0 Å². The van der Waals surface area contributed by atoms with Crippen molar-refractivity contribution in [2.24, 2.45) is 0 Å². The molecule has 2 aromatic rings. The lowest BCUT2D eigenvalue weighted by atomic mass is 10.3. The Kier molecular flexibility index (Phi) is 4.52. The summed E-state index contributed by atoms with van der Waals surface area (Å²) in [6.07, 6.45) is 0. The number of furan rings is 1. The molecule has 1 aromatic heterocycles. The van der Waals surface area contributed by atoms with Gasteiger partial charge in [0.05, 0.1) is 4.92 Å². The lowest BCUT2D eigenvalue weighted by molar-refractivity contribution is -0.384. The van der Waals surface area contributed by atoms with E-state index >= 15 is 0 Å². The molecular formula is C14H12N2O6. The fourth-order valence-corrected chi connectivity index (χ4v) is 1.61. The number of aryl methyl sites for hydroxylation is 1. The number of hydrogen-bond acceptors (Lipinski definition) is 6. The third kappa shape index (κ3) is 3.92. The van der Waals surface area contributed by atoms with Gasteiger partial charge in [0, 0.05) is 17.8 Å². The van der Waals surface area contributed by atoms with Crippen LogP contribution in [0.15, 0.2) is 40.8 Å². The largest absolute Gasteiger partial charge is 0.454 e. The molecule has 1 amide bonds. The standard InChI is InChI=1S/C14H12N2O6/c1-9-2-7-12(22-9)14(18)21-8-13(17)15-10-3-5-11(6-4-10)16(19)20/h2-7H,8H2,1H3,(H,15,17). The van der Waals surface area contributed by atoms with Crippen molar-refractivity contribution in [3.05, 3.63) is 58.0 Å². The van der Waals surface area contributed by atoms with Crippen molar-refractivity contribution >= 4 is 23.3 Å². The molecule has 8 nitrogen and oxygen atoms in total. The topological polar surface area (TPSA) is 112 Å². The molecule has 0 bridgehead atoms. The zero-order valence-corrected chi connectivity index (χ0v) is 11.6. The van der Waals surface area contributed by atoms with Crippen LogP contribution in [0.25, 0.3) is 0 Å². The zero-order valence-electron chi connectivity index (χ0n) is 11.6. The Morgan fingerprint density at radius 1 is 1.23 bits per heavy atom. The van der Waals surface area contributed by atoms with E-state index < -0.39 is 23.4 Å². The maximum absolute atomic E-state index is 11.6. The zero-order chi connectivity index (χ0) is 16.1. The van der Waals surface area contributed by atoms with E-state index in [4.69, 9.17) is 9.15 Å². The summed E-state index contributed by atoms with van der Waals surface area (Å²) in [5.74, 6) is -0.736. The van der Waals surface area contributed by atoms with Crippen LogP contribution in [0, 0.1) is 17.0 Å². The van der Waals surface area contributed by atoms with Crippen molar-refractivity contribution in [3.8, 4) is 0 Å². The van der Waals surface area contributed by atoms with Crippen molar-refractivity contribution in [3.63, 3.8) is 0 Å². The predicted octanol–water partition coefficient (Wildman–Crippen LogP) is 2.29. The molecule has 0 atom stereocenters. The summed E-state index contributed by atoms with van der Waals surface area (Å²) >= 11 is 0. The molecule has 1 N–H and O–H groups in total. The molecule has 1 aromatic carbocycles. The second-order valence-corrected chi connectivity index (χ2v) is 4.34. The number of rotatable bonds is 5. The van der Waals surface area contributed by atoms with Gasteiger partial charge in [-0.2, -0.15) is 0 Å². The highest BCUT2D eigenvalue weighted by Crippen LogP contribution is 2.15. The summed E-state index contributed by atoms with van der Waals surface area (Å²) in [5, 5.41) is 13.0. The van der Waals surface area contributed by atoms with E-state index in [0.29, 0.717) is 11.4 Å². The number of anilines is 1. The van der Waals surface area contributed by atoms with Gasteiger partial charge in [0.1, 0.15) is 5.76 Å². The summed E-state index contributed by atoms with van der Waals surface area (Å²) in [6.45, 7) is 1.19. The van der Waals surface area contributed by atoms with Gasteiger partial charge in [0.2, 0.25) is 5.76 Å². The van der Waals surface area contributed by atoms with E-state index in [-0.39, 0.29) is 11.4 Å². The van der Waals surface area contributed by atoms with Gasteiger partial charge in [0.15, 0.2) is 6.61 Å². The smallest absolute Gasteiger partial charge is 0.374 e. The quantitative estimate of drug-likeness (QED) is 0.515. The predicted molar refractivity (Wildman–Crippen MR) is 75.5 cm³/mol. The Hall–Kier alpha value is -3.16. The summed E-state index contributed by atoms with van der Waals surface area (Å²) in [5.41, 5.74) is 0.276. The second kappa shape index (κ2) is 6.53. The second-order valence-electron chi connectivity index (χ2n) is 4.34. The van der Waals surface area contributed by atoms with Gasteiger partial charge in [-0.15, -0.1) is 0 Å². The third-order valence-corrected chi connectivity index (χ3v) is 2.64. The van der Waals surface area contributed by atoms with Gasteiger partial charge in [-0.3, -0.25) is 14.9 Å². The number of nitro benzene ring substituents is 1. The van der Waals surface area contributed by atoms with Crippen molar-refractivity contribution in [1.29, 1.82) is 0 Å². The van der Waals surface area contributed by atoms with Crippen LogP contribution < -0.4 is 5.32 Å². The van der Waals surface area contributed by atoms with Gasteiger partial charge in [-0.05, 0) is 31.2 Å². The fraction of sp³-hybridized carbons (Fsp3) is 0.143. The molecule has 22 heavy (non-hydrogen) atoms. The Morgan fingerprint density at radius 2 is 1.91 bits per heavy atom. The van der Waals surface area contributed by atoms with Crippen LogP contribution in [0.5, 0.6) is 0 Å². The Labute approximate surface area is 124 Å². The fourth-order valence-electron chi connectivity index (χ4n) is 1.61. The molecule has 0 radical (unpaired) electrons. The molecule has 114 valence electrons. The lowest BCUT2D eigenvalue weighted by Gasteiger charge is -2.05. The number of nitrogens with one attached hydrogen (secondary N) is 1. The van der Waals surface area contributed by atoms with Crippen LogP contribution in [0.2, 0.25) is 0 Å². The molecule has 0 unspecified atom stereocenters. The number of carbonyl (C=O) groups is 2. The summed E-state index contributed by atoms with van der Waals surface area (Å²) < 4.78 is 9.85. The average molecular weight is 304 g/mol. The van der Waals surface area contributed by atoms with Crippen LogP contribution in [-0.2, 0) is 9.53 Å². The number of non-ortho nitro benzene ring substituents is 1. The first kappa shape index (κ1) is 15.2. The monoisotopic (exact) mass is 304 g/mol. The van der Waals surface area contributed by atoms with Gasteiger partial charge >= 0.3 is 5.97 Å². The summed E-state index contributed by atoms with van der Waals surface area (Å²) in [4.78, 5) is 33.1. The van der Waals surface area contributed by atoms with E-state index in [1.165, 1.54) is 30.3 Å². The number of ether oxygens (including phenoxy) is 1. The van der Waals surface area contributed by atoms with Crippen molar-refractivity contribution < 1.29 is 23.7 Å². The SMILES string of the molecule is Cc1ccc(C(=O)OCC(=O)Nc2ccc([N+](=O)[O-])cc2)o1. The first-order valence-electron chi connectivity index (χ1n) is 6.23. The minimum Gasteiger partial charge on any atom is -0.454 e. The molecule has 0 aliphatic heterocycles. The van der Waals surface area contributed by atoms with Crippen LogP contribution >= 0.6 is 0 Å². The van der Waals surface area contributed by atoms with Crippen LogP contribution in [0.1, 0.15) is 16.3 Å². The van der Waals surface area contributed by atoms with Crippen molar-refractivity contribution in [2.45, 2.75) is 6.92 Å². The Balaban J connectivity index is 1.85. The average Bonchev–Trinajstić information content (AvgIpc) is 2.92. The molecule has 0 saturated carbocycles. The maximum Gasteiger partial charge on any atom is 0.374 e. The highest BCUT2D eigenvalue weighted by molar-refractivity contribution is 5.94. The summed E-state index contributed by atoms with van der Waals surface area (Å²) in [6, 6.07) is 8.33. The summed E-state index contributed by atoms with van der Waals surface area (Å²) in [7, 11) is 0. The maximum atomic E-state index is 11.6. The van der Waals surface area contributed by atoms with Crippen LogP contribution in [-0.4, -0.2) is 23.4 Å². The molecule has 0 spiro atoms. The van der Waals surface area contributed by atoms with Gasteiger partial charge in [0.25, 0.3) is 11.6 Å². The van der Waals surface area contributed by atoms with Crippen molar-refractivity contribution in [2.75, 3.05) is 11.9 Å². The lowest BCUT2D eigenvalue weighted by Crippen LogP contribution is -2.20. The molecule has 8 heteroatoms.